The molecular formula is C18H24N2O3S. The second-order valence-electron chi connectivity index (χ2n) is 6.81. The molecule has 130 valence electrons. The molecular weight excluding hydrogens is 324 g/mol. The van der Waals surface area contributed by atoms with Gasteiger partial charge in [-0.05, 0) is 50.7 Å². The predicted molar refractivity (Wildman–Crippen MR) is 94.2 cm³/mol. The molecule has 1 aromatic carbocycles. The lowest BCUT2D eigenvalue weighted by Crippen LogP contribution is -2.46. The Kier molecular flexibility index (Phi) is 5.33. The number of thioether (sulfide) groups is 1. The maximum Gasteiger partial charge on any atom is 0.315 e. The third-order valence-electron chi connectivity index (χ3n) is 4.87. The minimum atomic E-state index is -0.716. The van der Waals surface area contributed by atoms with Crippen LogP contribution >= 0.6 is 11.8 Å². The van der Waals surface area contributed by atoms with Gasteiger partial charge in [-0.15, -0.1) is 11.8 Å². The van der Waals surface area contributed by atoms with Crippen LogP contribution in [0.1, 0.15) is 38.5 Å². The second kappa shape index (κ2) is 7.47. The lowest BCUT2D eigenvalue weighted by molar-refractivity contribution is -0.142. The molecule has 0 saturated heterocycles. The van der Waals surface area contributed by atoms with E-state index in [-0.39, 0.29) is 22.7 Å². The number of carbonyl (C=O) groups excluding carboxylic acids is 1. The van der Waals surface area contributed by atoms with Crippen LogP contribution in [-0.4, -0.2) is 34.4 Å². The summed E-state index contributed by atoms with van der Waals surface area (Å²) >= 11 is 1.84. The summed E-state index contributed by atoms with van der Waals surface area (Å²) in [5.41, 5.74) is 0. The van der Waals surface area contributed by atoms with E-state index in [2.05, 4.69) is 22.8 Å². The minimum Gasteiger partial charge on any atom is -0.481 e. The van der Waals surface area contributed by atoms with Gasteiger partial charge < -0.3 is 15.7 Å². The van der Waals surface area contributed by atoms with Crippen molar-refractivity contribution in [1.82, 2.24) is 10.6 Å². The number of nitrogens with one attached hydrogen (secondary N) is 2. The molecule has 6 heteroatoms. The van der Waals surface area contributed by atoms with Gasteiger partial charge in [-0.25, -0.2) is 4.79 Å². The monoisotopic (exact) mass is 348 g/mol. The van der Waals surface area contributed by atoms with Crippen LogP contribution in [0.4, 0.5) is 4.79 Å². The van der Waals surface area contributed by atoms with Gasteiger partial charge in [0.2, 0.25) is 0 Å². The number of hydrogen-bond acceptors (Lipinski definition) is 3. The molecule has 2 saturated carbocycles. The number of amides is 2. The molecule has 2 aliphatic rings. The third-order valence-corrected chi connectivity index (χ3v) is 6.36. The summed E-state index contributed by atoms with van der Waals surface area (Å²) in [5, 5.41) is 15.0. The maximum atomic E-state index is 12.1. The lowest BCUT2D eigenvalue weighted by atomic mass is 9.86. The van der Waals surface area contributed by atoms with E-state index in [4.69, 9.17) is 5.11 Å². The summed E-state index contributed by atoms with van der Waals surface area (Å²) in [4.78, 5) is 24.3. The fourth-order valence-electron chi connectivity index (χ4n) is 3.16. The Balaban J connectivity index is 1.39. The largest absolute Gasteiger partial charge is 0.481 e. The zero-order chi connectivity index (χ0) is 17.0. The normalized spacial score (nSPS) is 24.8. The molecule has 0 aliphatic heterocycles. The summed E-state index contributed by atoms with van der Waals surface area (Å²) in [6.45, 7) is 0.670. The molecule has 0 radical (unpaired) electrons. The van der Waals surface area contributed by atoms with Gasteiger partial charge in [-0.2, -0.15) is 0 Å². The number of urea groups is 1. The summed E-state index contributed by atoms with van der Waals surface area (Å²) in [6.07, 6.45) is 5.03. The van der Waals surface area contributed by atoms with Gasteiger partial charge in [-0.3, -0.25) is 4.79 Å². The van der Waals surface area contributed by atoms with Gasteiger partial charge in [0.25, 0.3) is 0 Å². The van der Waals surface area contributed by atoms with Crippen LogP contribution in [0.15, 0.2) is 35.2 Å². The van der Waals surface area contributed by atoms with Gasteiger partial charge in [0.1, 0.15) is 0 Å². The van der Waals surface area contributed by atoms with Crippen molar-refractivity contribution in [3.8, 4) is 0 Å². The van der Waals surface area contributed by atoms with Gasteiger partial charge in [-0.1, -0.05) is 18.2 Å². The maximum absolute atomic E-state index is 12.1. The number of carbonyl (C=O) groups is 2. The molecule has 0 spiro atoms. The summed E-state index contributed by atoms with van der Waals surface area (Å²) in [7, 11) is 0. The van der Waals surface area contributed by atoms with Crippen molar-refractivity contribution < 1.29 is 14.7 Å². The molecule has 0 bridgehead atoms. The van der Waals surface area contributed by atoms with Crippen LogP contribution < -0.4 is 10.6 Å². The van der Waals surface area contributed by atoms with E-state index >= 15 is 0 Å². The molecule has 1 aromatic rings. The summed E-state index contributed by atoms with van der Waals surface area (Å²) < 4.78 is 0.139. The van der Waals surface area contributed by atoms with E-state index in [9.17, 15) is 9.59 Å². The predicted octanol–water partition coefficient (Wildman–Crippen LogP) is 3.25. The number of aliphatic carboxylic acids is 1. The standard InChI is InChI=1S/C18H24N2O3S/c21-16(22)13-6-8-14(9-7-13)20-17(23)19-12-18(10-11-18)24-15-4-2-1-3-5-15/h1-5,13-14H,6-12H2,(H,21,22)(H2,19,20,23). The molecule has 0 unspecified atom stereocenters. The smallest absolute Gasteiger partial charge is 0.315 e. The summed E-state index contributed by atoms with van der Waals surface area (Å²) in [6, 6.07) is 10.2. The Labute approximate surface area is 146 Å². The van der Waals surface area contributed by atoms with Crippen LogP contribution in [0.3, 0.4) is 0 Å². The van der Waals surface area contributed by atoms with E-state index in [0.29, 0.717) is 19.4 Å². The minimum absolute atomic E-state index is 0.0949. The number of rotatable bonds is 6. The van der Waals surface area contributed by atoms with Gasteiger partial charge in [0.05, 0.1) is 5.92 Å². The zero-order valence-corrected chi connectivity index (χ0v) is 14.5. The first-order chi connectivity index (χ1) is 11.6. The van der Waals surface area contributed by atoms with Crippen molar-refractivity contribution in [2.24, 2.45) is 5.92 Å². The SMILES string of the molecule is O=C(NCC1(Sc2ccccc2)CC1)NC1CCC(C(=O)O)CC1. The number of benzene rings is 1. The molecule has 0 heterocycles. The van der Waals surface area contributed by atoms with E-state index in [1.165, 1.54) is 4.90 Å². The van der Waals surface area contributed by atoms with E-state index in [1.807, 2.05) is 30.0 Å². The molecule has 3 N–H and O–H groups in total. The van der Waals surface area contributed by atoms with Crippen LogP contribution in [0, 0.1) is 5.92 Å². The van der Waals surface area contributed by atoms with E-state index < -0.39 is 5.97 Å². The first kappa shape index (κ1) is 17.1. The quantitative estimate of drug-likeness (QED) is 0.737. The number of carboxylic acids is 1. The highest BCUT2D eigenvalue weighted by atomic mass is 32.2. The molecule has 2 amide bonds. The van der Waals surface area contributed by atoms with Crippen LogP contribution in [-0.2, 0) is 4.79 Å². The highest BCUT2D eigenvalue weighted by Crippen LogP contribution is 2.51. The second-order valence-corrected chi connectivity index (χ2v) is 8.35. The van der Waals surface area contributed by atoms with Crippen molar-refractivity contribution in [2.45, 2.75) is 54.2 Å². The Morgan fingerprint density at radius 3 is 2.38 bits per heavy atom. The van der Waals surface area contributed by atoms with E-state index in [1.54, 1.807) is 0 Å². The molecule has 2 aliphatic carbocycles. The van der Waals surface area contributed by atoms with Crippen LogP contribution in [0.2, 0.25) is 0 Å². The molecule has 2 fully saturated rings. The van der Waals surface area contributed by atoms with Crippen molar-refractivity contribution in [1.29, 1.82) is 0 Å². The van der Waals surface area contributed by atoms with Crippen molar-refractivity contribution >= 4 is 23.8 Å². The highest BCUT2D eigenvalue weighted by molar-refractivity contribution is 8.01. The van der Waals surface area contributed by atoms with Crippen molar-refractivity contribution in [3.63, 3.8) is 0 Å². The Hall–Kier alpha value is -1.69. The van der Waals surface area contributed by atoms with Crippen molar-refractivity contribution in [2.75, 3.05) is 6.54 Å². The zero-order valence-electron chi connectivity index (χ0n) is 13.7. The first-order valence-corrected chi connectivity index (χ1v) is 9.39. The first-order valence-electron chi connectivity index (χ1n) is 8.58. The third kappa shape index (κ3) is 4.66. The van der Waals surface area contributed by atoms with Gasteiger partial charge >= 0.3 is 12.0 Å². The van der Waals surface area contributed by atoms with Crippen LogP contribution in [0.5, 0.6) is 0 Å². The van der Waals surface area contributed by atoms with Crippen molar-refractivity contribution in [3.05, 3.63) is 30.3 Å². The highest BCUT2D eigenvalue weighted by Gasteiger charge is 2.44. The summed E-state index contributed by atoms with van der Waals surface area (Å²) in [5.74, 6) is -0.963. The molecule has 5 nitrogen and oxygen atoms in total. The number of hydrogen-bond donors (Lipinski definition) is 3. The molecule has 0 aromatic heterocycles. The van der Waals surface area contributed by atoms with E-state index in [0.717, 1.165) is 25.7 Å². The molecule has 0 atom stereocenters. The number of carboxylic acid groups (broad SMARTS) is 1. The Morgan fingerprint density at radius 1 is 1.12 bits per heavy atom. The average Bonchev–Trinajstić information content (AvgIpc) is 3.34. The fourth-order valence-corrected chi connectivity index (χ4v) is 4.40. The Morgan fingerprint density at radius 2 is 1.79 bits per heavy atom. The van der Waals surface area contributed by atoms with Gasteiger partial charge in [0, 0.05) is 22.2 Å². The topological polar surface area (TPSA) is 78.4 Å². The molecule has 3 rings (SSSR count). The fraction of sp³-hybridized carbons (Fsp3) is 0.556. The molecule has 24 heavy (non-hydrogen) atoms. The lowest BCUT2D eigenvalue weighted by Gasteiger charge is -2.27. The Bertz CT molecular complexity index is 581. The van der Waals surface area contributed by atoms with Crippen LogP contribution in [0.25, 0.3) is 0 Å². The van der Waals surface area contributed by atoms with Gasteiger partial charge in [0.15, 0.2) is 0 Å². The average molecular weight is 348 g/mol.